The molecule has 2 aromatic carbocycles. The number of hydrogen-bond donors (Lipinski definition) is 0. The van der Waals surface area contributed by atoms with Gasteiger partial charge in [0.05, 0.1) is 17.5 Å². The molecule has 2 bridgehead atoms. The molecule has 6 nitrogen and oxygen atoms in total. The Labute approximate surface area is 163 Å². The van der Waals surface area contributed by atoms with Crippen molar-refractivity contribution in [3.8, 4) is 5.75 Å². The number of imide groups is 1. The largest absolute Gasteiger partial charge is 0.379 e. The third kappa shape index (κ3) is 2.57. The maximum Gasteiger partial charge on any atom is 0.339 e. The highest BCUT2D eigenvalue weighted by atomic mass is 32.2. The van der Waals surface area contributed by atoms with Crippen molar-refractivity contribution in [3.63, 3.8) is 0 Å². The molecule has 1 saturated heterocycles. The first-order chi connectivity index (χ1) is 13.5. The second-order valence-electron chi connectivity index (χ2n) is 7.74. The molecule has 2 amide bonds. The standard InChI is InChI=1S/C21H19NO5S/c23-20-18-13-6-7-14(12-13)19(18)21(24)22(20)15-8-10-16(11-9-15)27-28(25,26)17-4-2-1-3-5-17/h1-5,8-11,13-14,18-19H,6-7,12H2/t13-,14-,18-,19+/m1/s1. The lowest BCUT2D eigenvalue weighted by molar-refractivity contribution is -0.123. The van der Waals surface area contributed by atoms with Crippen LogP contribution in [0.5, 0.6) is 5.75 Å². The fourth-order valence-electron chi connectivity index (χ4n) is 5.08. The predicted octanol–water partition coefficient (Wildman–Crippen LogP) is 2.99. The smallest absolute Gasteiger partial charge is 0.339 e. The summed E-state index contributed by atoms with van der Waals surface area (Å²) in [5.74, 6) is 0.193. The zero-order valence-electron chi connectivity index (χ0n) is 15.0. The van der Waals surface area contributed by atoms with Gasteiger partial charge >= 0.3 is 10.1 Å². The molecule has 28 heavy (non-hydrogen) atoms. The van der Waals surface area contributed by atoms with E-state index in [0.29, 0.717) is 17.5 Å². The average Bonchev–Trinajstić information content (AvgIpc) is 3.37. The second kappa shape index (κ2) is 6.17. The summed E-state index contributed by atoms with van der Waals surface area (Å²) in [7, 11) is -3.93. The van der Waals surface area contributed by atoms with E-state index in [2.05, 4.69) is 0 Å². The van der Waals surface area contributed by atoms with Gasteiger partial charge in [0.2, 0.25) is 11.8 Å². The SMILES string of the molecule is O=C1[C@@H]2[C@@H]3CC[C@H](C3)[C@@H]2C(=O)N1c1ccc(OS(=O)(=O)c2ccccc2)cc1. The van der Waals surface area contributed by atoms with Crippen LogP contribution in [0.1, 0.15) is 19.3 Å². The lowest BCUT2D eigenvalue weighted by atomic mass is 9.81. The molecular formula is C21H19NO5S. The van der Waals surface area contributed by atoms with Gasteiger partial charge in [0, 0.05) is 0 Å². The predicted molar refractivity (Wildman–Crippen MR) is 101 cm³/mol. The summed E-state index contributed by atoms with van der Waals surface area (Å²) in [6.45, 7) is 0. The van der Waals surface area contributed by atoms with Crippen LogP contribution in [0.15, 0.2) is 59.5 Å². The van der Waals surface area contributed by atoms with Crippen molar-refractivity contribution in [1.29, 1.82) is 0 Å². The molecule has 2 saturated carbocycles. The number of fused-ring (bicyclic) bond motifs is 5. The van der Waals surface area contributed by atoms with Crippen molar-refractivity contribution >= 4 is 27.6 Å². The van der Waals surface area contributed by atoms with Crippen LogP contribution in [0.25, 0.3) is 0 Å². The van der Waals surface area contributed by atoms with Gasteiger partial charge in [-0.15, -0.1) is 0 Å². The van der Waals surface area contributed by atoms with Crippen LogP contribution < -0.4 is 9.08 Å². The zero-order valence-corrected chi connectivity index (χ0v) is 15.8. The highest BCUT2D eigenvalue weighted by molar-refractivity contribution is 7.87. The van der Waals surface area contributed by atoms with Crippen LogP contribution in [0.2, 0.25) is 0 Å². The number of amides is 2. The fourth-order valence-corrected chi connectivity index (χ4v) is 6.03. The first kappa shape index (κ1) is 17.4. The second-order valence-corrected chi connectivity index (χ2v) is 9.29. The van der Waals surface area contributed by atoms with Crippen molar-refractivity contribution < 1.29 is 22.2 Å². The summed E-state index contributed by atoms with van der Waals surface area (Å²) in [5, 5.41) is 0. The van der Waals surface area contributed by atoms with Crippen molar-refractivity contribution in [1.82, 2.24) is 0 Å². The van der Waals surface area contributed by atoms with Crippen LogP contribution in [0.4, 0.5) is 5.69 Å². The Bertz CT molecular complexity index is 1020. The van der Waals surface area contributed by atoms with E-state index in [1.807, 2.05) is 0 Å². The van der Waals surface area contributed by atoms with E-state index in [4.69, 9.17) is 4.18 Å². The van der Waals surface area contributed by atoms with Crippen LogP contribution in [-0.2, 0) is 19.7 Å². The molecule has 144 valence electrons. The Morgan fingerprint density at radius 1 is 0.821 bits per heavy atom. The van der Waals surface area contributed by atoms with Gasteiger partial charge in [-0.2, -0.15) is 8.42 Å². The van der Waals surface area contributed by atoms with E-state index < -0.39 is 10.1 Å². The van der Waals surface area contributed by atoms with Crippen molar-refractivity contribution in [2.24, 2.45) is 23.7 Å². The normalized spacial score (nSPS) is 28.6. The molecular weight excluding hydrogens is 378 g/mol. The van der Waals surface area contributed by atoms with Crippen LogP contribution >= 0.6 is 0 Å². The van der Waals surface area contributed by atoms with Gasteiger partial charge < -0.3 is 4.18 Å². The van der Waals surface area contributed by atoms with Gasteiger partial charge in [0.15, 0.2) is 0 Å². The first-order valence-corrected chi connectivity index (χ1v) is 10.8. The molecule has 1 aliphatic heterocycles. The molecule has 3 aliphatic rings. The van der Waals surface area contributed by atoms with Crippen LogP contribution in [-0.4, -0.2) is 20.2 Å². The number of rotatable bonds is 4. The molecule has 0 aromatic heterocycles. The minimum Gasteiger partial charge on any atom is -0.379 e. The molecule has 2 aromatic rings. The van der Waals surface area contributed by atoms with E-state index >= 15 is 0 Å². The zero-order chi connectivity index (χ0) is 19.5. The van der Waals surface area contributed by atoms with Gasteiger partial charge in [0.1, 0.15) is 10.6 Å². The number of benzene rings is 2. The highest BCUT2D eigenvalue weighted by Crippen LogP contribution is 2.56. The van der Waals surface area contributed by atoms with Crippen LogP contribution in [0.3, 0.4) is 0 Å². The van der Waals surface area contributed by atoms with E-state index in [1.54, 1.807) is 30.3 Å². The first-order valence-electron chi connectivity index (χ1n) is 9.43. The fraction of sp³-hybridized carbons (Fsp3) is 0.333. The van der Waals surface area contributed by atoms with Crippen molar-refractivity contribution in [3.05, 3.63) is 54.6 Å². The molecule has 3 fully saturated rings. The Hall–Kier alpha value is -2.67. The van der Waals surface area contributed by atoms with Crippen LogP contribution in [0, 0.1) is 23.7 Å². The summed E-state index contributed by atoms with van der Waals surface area (Å²) in [6.07, 6.45) is 3.05. The summed E-state index contributed by atoms with van der Waals surface area (Å²) in [5.41, 5.74) is 0.466. The van der Waals surface area contributed by atoms with E-state index in [1.165, 1.54) is 29.2 Å². The minimum atomic E-state index is -3.93. The maximum atomic E-state index is 12.9. The Morgan fingerprint density at radius 3 is 1.96 bits per heavy atom. The van der Waals surface area contributed by atoms with Gasteiger partial charge in [-0.25, -0.2) is 0 Å². The molecule has 0 spiro atoms. The van der Waals surface area contributed by atoms with E-state index in [9.17, 15) is 18.0 Å². The average molecular weight is 397 g/mol. The van der Waals surface area contributed by atoms with E-state index in [0.717, 1.165) is 19.3 Å². The van der Waals surface area contributed by atoms with Crippen molar-refractivity contribution in [2.45, 2.75) is 24.2 Å². The number of hydrogen-bond acceptors (Lipinski definition) is 5. The summed E-state index contributed by atoms with van der Waals surface area (Å²) >= 11 is 0. The number of carbonyl (C=O) groups excluding carboxylic acids is 2. The molecule has 1 heterocycles. The molecule has 4 atom stereocenters. The molecule has 0 unspecified atom stereocenters. The lowest BCUT2D eigenvalue weighted by Gasteiger charge is -2.19. The third-order valence-corrected chi connectivity index (χ3v) is 7.52. The summed E-state index contributed by atoms with van der Waals surface area (Å²) in [6, 6.07) is 13.9. The quantitative estimate of drug-likeness (QED) is 0.585. The molecule has 7 heteroatoms. The molecule has 0 N–H and O–H groups in total. The lowest BCUT2D eigenvalue weighted by Crippen LogP contribution is -2.32. The Morgan fingerprint density at radius 2 is 1.39 bits per heavy atom. The maximum absolute atomic E-state index is 12.9. The molecule has 2 aliphatic carbocycles. The number of anilines is 1. The topological polar surface area (TPSA) is 80.8 Å². The number of nitrogens with zero attached hydrogens (tertiary/aromatic N) is 1. The van der Waals surface area contributed by atoms with E-state index in [-0.39, 0.29) is 34.3 Å². The van der Waals surface area contributed by atoms with Crippen molar-refractivity contribution in [2.75, 3.05) is 4.90 Å². The monoisotopic (exact) mass is 397 g/mol. The molecule has 5 rings (SSSR count). The third-order valence-electron chi connectivity index (χ3n) is 6.26. The molecule has 0 radical (unpaired) electrons. The van der Waals surface area contributed by atoms with Gasteiger partial charge in [0.25, 0.3) is 0 Å². The van der Waals surface area contributed by atoms with Gasteiger partial charge in [-0.1, -0.05) is 18.2 Å². The Balaban J connectivity index is 1.37. The highest BCUT2D eigenvalue weighted by Gasteiger charge is 2.61. The summed E-state index contributed by atoms with van der Waals surface area (Å²) < 4.78 is 29.8. The summed E-state index contributed by atoms with van der Waals surface area (Å²) in [4.78, 5) is 27.1. The van der Waals surface area contributed by atoms with Gasteiger partial charge in [-0.05, 0) is 67.5 Å². The number of carbonyl (C=O) groups is 2. The Kier molecular flexibility index (Phi) is 3.84. The minimum absolute atomic E-state index is 0.0623. The van der Waals surface area contributed by atoms with Gasteiger partial charge in [-0.3, -0.25) is 14.5 Å².